The van der Waals surface area contributed by atoms with Crippen LogP contribution in [0.4, 0.5) is 18.9 Å². The van der Waals surface area contributed by atoms with Crippen molar-refractivity contribution < 1.29 is 22.7 Å². The monoisotopic (exact) mass is 259 g/mol. The van der Waals surface area contributed by atoms with Gasteiger partial charge >= 0.3 is 12.1 Å². The van der Waals surface area contributed by atoms with Gasteiger partial charge in [0.05, 0.1) is 12.2 Å². The van der Waals surface area contributed by atoms with E-state index in [1.165, 1.54) is 12.1 Å². The standard InChI is InChI=1S/C12H12F3NO2/c1-2-18-11(17)6-4-8-3-5-9(10(16)7-8)12(13,14)15/h3-7H,2,16H2,1H3. The van der Waals surface area contributed by atoms with Crippen LogP contribution in [-0.2, 0) is 15.7 Å². The van der Waals surface area contributed by atoms with Gasteiger partial charge < -0.3 is 10.5 Å². The van der Waals surface area contributed by atoms with Crippen molar-refractivity contribution in [3.63, 3.8) is 0 Å². The number of anilines is 1. The molecule has 0 aliphatic rings. The number of hydrogen-bond acceptors (Lipinski definition) is 3. The molecular weight excluding hydrogens is 247 g/mol. The van der Waals surface area contributed by atoms with Crippen LogP contribution in [0.3, 0.4) is 0 Å². The van der Waals surface area contributed by atoms with Crippen LogP contribution in [0.5, 0.6) is 0 Å². The number of ether oxygens (including phenoxy) is 1. The third-order valence-corrected chi connectivity index (χ3v) is 2.08. The SMILES string of the molecule is CCOC(=O)C=Cc1ccc(C(F)(F)F)c(N)c1. The summed E-state index contributed by atoms with van der Waals surface area (Å²) in [5, 5.41) is 0. The van der Waals surface area contributed by atoms with Crippen molar-refractivity contribution in [1.29, 1.82) is 0 Å². The lowest BCUT2D eigenvalue weighted by molar-refractivity contribution is -0.138. The highest BCUT2D eigenvalue weighted by molar-refractivity contribution is 5.87. The van der Waals surface area contributed by atoms with Gasteiger partial charge in [-0.15, -0.1) is 0 Å². The predicted molar refractivity (Wildman–Crippen MR) is 61.5 cm³/mol. The molecule has 18 heavy (non-hydrogen) atoms. The van der Waals surface area contributed by atoms with Crippen LogP contribution in [0.1, 0.15) is 18.1 Å². The van der Waals surface area contributed by atoms with E-state index in [4.69, 9.17) is 5.73 Å². The molecule has 0 aliphatic heterocycles. The zero-order valence-electron chi connectivity index (χ0n) is 9.62. The Balaban J connectivity index is 2.89. The minimum Gasteiger partial charge on any atom is -0.463 e. The molecule has 2 N–H and O–H groups in total. The second-order valence-corrected chi connectivity index (χ2v) is 3.43. The Labute approximate surface area is 102 Å². The number of nitrogen functional groups attached to an aromatic ring is 1. The second kappa shape index (κ2) is 5.57. The van der Waals surface area contributed by atoms with Crippen molar-refractivity contribution in [1.82, 2.24) is 0 Å². The maximum atomic E-state index is 12.4. The molecule has 0 radical (unpaired) electrons. The van der Waals surface area contributed by atoms with Crippen LogP contribution in [0, 0.1) is 0 Å². The van der Waals surface area contributed by atoms with Crippen molar-refractivity contribution in [3.8, 4) is 0 Å². The first kappa shape index (κ1) is 14.1. The molecule has 0 aromatic heterocycles. The highest BCUT2D eigenvalue weighted by Crippen LogP contribution is 2.33. The minimum absolute atomic E-state index is 0.234. The molecule has 0 bridgehead atoms. The van der Waals surface area contributed by atoms with E-state index in [0.717, 1.165) is 18.2 Å². The van der Waals surface area contributed by atoms with Gasteiger partial charge in [-0.1, -0.05) is 6.07 Å². The summed E-state index contributed by atoms with van der Waals surface area (Å²) in [6.45, 7) is 1.89. The molecular formula is C12H12F3NO2. The quantitative estimate of drug-likeness (QED) is 0.516. The lowest BCUT2D eigenvalue weighted by atomic mass is 10.1. The Hall–Kier alpha value is -1.98. The number of carbonyl (C=O) groups is 1. The summed E-state index contributed by atoms with van der Waals surface area (Å²) < 4.78 is 41.9. The van der Waals surface area contributed by atoms with Gasteiger partial charge in [-0.3, -0.25) is 0 Å². The first-order valence-corrected chi connectivity index (χ1v) is 5.16. The lowest BCUT2D eigenvalue weighted by Crippen LogP contribution is -2.08. The molecule has 98 valence electrons. The fraction of sp³-hybridized carbons (Fsp3) is 0.250. The number of rotatable bonds is 3. The summed E-state index contributed by atoms with van der Waals surface area (Å²) in [7, 11) is 0. The van der Waals surface area contributed by atoms with Gasteiger partial charge in [0.2, 0.25) is 0 Å². The second-order valence-electron chi connectivity index (χ2n) is 3.43. The number of hydrogen-bond donors (Lipinski definition) is 1. The Morgan fingerprint density at radius 2 is 2.11 bits per heavy atom. The normalized spacial score (nSPS) is 11.8. The molecule has 1 aromatic carbocycles. The topological polar surface area (TPSA) is 52.3 Å². The summed E-state index contributed by atoms with van der Waals surface area (Å²) in [5.41, 5.74) is 4.43. The molecule has 6 heteroatoms. The average Bonchev–Trinajstić information content (AvgIpc) is 2.25. The fourth-order valence-electron chi connectivity index (χ4n) is 1.30. The maximum absolute atomic E-state index is 12.4. The van der Waals surface area contributed by atoms with Gasteiger partial charge in [-0.05, 0) is 30.7 Å². The first-order valence-electron chi connectivity index (χ1n) is 5.16. The fourth-order valence-corrected chi connectivity index (χ4v) is 1.30. The lowest BCUT2D eigenvalue weighted by Gasteiger charge is -2.09. The Morgan fingerprint density at radius 3 is 2.61 bits per heavy atom. The zero-order chi connectivity index (χ0) is 13.8. The molecule has 0 amide bonds. The van der Waals surface area contributed by atoms with E-state index in [-0.39, 0.29) is 12.3 Å². The van der Waals surface area contributed by atoms with Crippen molar-refractivity contribution in [2.24, 2.45) is 0 Å². The van der Waals surface area contributed by atoms with Gasteiger partial charge in [0.15, 0.2) is 0 Å². The summed E-state index contributed by atoms with van der Waals surface area (Å²) in [6.07, 6.45) is -2.01. The molecule has 0 spiro atoms. The number of halogens is 3. The Morgan fingerprint density at radius 1 is 1.44 bits per heavy atom. The van der Waals surface area contributed by atoms with Crippen molar-refractivity contribution in [2.45, 2.75) is 13.1 Å². The van der Waals surface area contributed by atoms with E-state index in [1.807, 2.05) is 0 Å². The molecule has 0 aliphatic carbocycles. The third-order valence-electron chi connectivity index (χ3n) is 2.08. The smallest absolute Gasteiger partial charge is 0.418 e. The van der Waals surface area contributed by atoms with Crippen molar-refractivity contribution in [2.75, 3.05) is 12.3 Å². The van der Waals surface area contributed by atoms with E-state index < -0.39 is 17.7 Å². The van der Waals surface area contributed by atoms with E-state index in [1.54, 1.807) is 6.92 Å². The van der Waals surface area contributed by atoms with E-state index >= 15 is 0 Å². The number of nitrogens with two attached hydrogens (primary N) is 1. The van der Waals surface area contributed by atoms with Crippen LogP contribution >= 0.6 is 0 Å². The van der Waals surface area contributed by atoms with E-state index in [0.29, 0.717) is 5.56 Å². The molecule has 0 saturated carbocycles. The number of benzene rings is 1. The van der Waals surface area contributed by atoms with Crippen LogP contribution in [0.15, 0.2) is 24.3 Å². The van der Waals surface area contributed by atoms with Crippen LogP contribution in [0.2, 0.25) is 0 Å². The number of carbonyl (C=O) groups excluding carboxylic acids is 1. The largest absolute Gasteiger partial charge is 0.463 e. The van der Waals surface area contributed by atoms with Crippen molar-refractivity contribution in [3.05, 3.63) is 35.4 Å². The molecule has 0 fully saturated rings. The Bertz CT molecular complexity index is 467. The third kappa shape index (κ3) is 3.80. The van der Waals surface area contributed by atoms with Gasteiger partial charge in [-0.25, -0.2) is 4.79 Å². The molecule has 0 saturated heterocycles. The Kier molecular flexibility index (Phi) is 4.36. The molecule has 0 atom stereocenters. The first-order chi connectivity index (χ1) is 8.34. The van der Waals surface area contributed by atoms with Crippen molar-refractivity contribution >= 4 is 17.7 Å². The summed E-state index contributed by atoms with van der Waals surface area (Å²) in [4.78, 5) is 11.0. The number of alkyl halides is 3. The molecule has 3 nitrogen and oxygen atoms in total. The van der Waals surface area contributed by atoms with Crippen LogP contribution < -0.4 is 5.73 Å². The van der Waals surface area contributed by atoms with E-state index in [9.17, 15) is 18.0 Å². The molecule has 0 unspecified atom stereocenters. The minimum atomic E-state index is -4.48. The highest BCUT2D eigenvalue weighted by atomic mass is 19.4. The van der Waals surface area contributed by atoms with Crippen LogP contribution in [0.25, 0.3) is 6.08 Å². The number of esters is 1. The molecule has 1 rings (SSSR count). The summed E-state index contributed by atoms with van der Waals surface area (Å²) in [6, 6.07) is 3.26. The van der Waals surface area contributed by atoms with Crippen LogP contribution in [-0.4, -0.2) is 12.6 Å². The zero-order valence-corrected chi connectivity index (χ0v) is 9.62. The van der Waals surface area contributed by atoms with Gasteiger partial charge in [0.1, 0.15) is 0 Å². The highest BCUT2D eigenvalue weighted by Gasteiger charge is 2.32. The maximum Gasteiger partial charge on any atom is 0.418 e. The molecule has 1 aromatic rings. The van der Waals surface area contributed by atoms with Gasteiger partial charge in [0.25, 0.3) is 0 Å². The van der Waals surface area contributed by atoms with E-state index in [2.05, 4.69) is 4.74 Å². The van der Waals surface area contributed by atoms with Gasteiger partial charge in [-0.2, -0.15) is 13.2 Å². The summed E-state index contributed by atoms with van der Waals surface area (Å²) in [5.74, 6) is -0.559. The molecule has 0 heterocycles. The van der Waals surface area contributed by atoms with Gasteiger partial charge in [0, 0.05) is 11.8 Å². The predicted octanol–water partition coefficient (Wildman–Crippen LogP) is 2.86. The average molecular weight is 259 g/mol. The summed E-state index contributed by atoms with van der Waals surface area (Å²) >= 11 is 0.